The molecule has 0 fully saturated rings. The van der Waals surface area contributed by atoms with Gasteiger partial charge in [-0.25, -0.2) is 13.6 Å². The van der Waals surface area contributed by atoms with E-state index in [1.807, 2.05) is 30.3 Å². The first-order valence-corrected chi connectivity index (χ1v) is 20.3. The topological polar surface area (TPSA) is 292 Å². The molecule has 348 valence electrons. The quantitative estimate of drug-likeness (QED) is 0.0571. The minimum absolute atomic E-state index is 0.0556. The molecule has 0 saturated carbocycles. The van der Waals surface area contributed by atoms with Crippen molar-refractivity contribution in [3.05, 3.63) is 83.7 Å². The Bertz CT molecular complexity index is 2140. The molecule has 2 aromatic carbocycles. The Labute approximate surface area is 368 Å². The standard InChI is InChI=1S/C43H56F2N8O11/c1-43(2,3)39(33-18-26(28-19-27(44)10-11-29(28)45)23-52(33)22-25-8-6-5-7-9-25)53(37(58)24-54)17-15-30(51-41(62)32(20-34(46)55)50-36(57)21-47-4)40(61)48-16-14-35(56)49-31(42(63)64)12-13-38(59)60/h5-11,18-19,23,30-32,39,47,54H,12-17,20-22,24H2,1-4H3,(H2,46,55)(H,48,61)(H,49,56)(H,50,57)(H,51,62)(H,59,60)(H,63,64)/t30-,31+,32-,39-/m0/s1. The number of primary amides is 1. The molecule has 1 heterocycles. The van der Waals surface area contributed by atoms with E-state index in [0.717, 1.165) is 23.8 Å². The van der Waals surface area contributed by atoms with E-state index < -0.39 is 127 Å². The van der Waals surface area contributed by atoms with Crippen LogP contribution in [0.2, 0.25) is 0 Å². The molecule has 6 amide bonds. The second-order valence-electron chi connectivity index (χ2n) is 16.0. The molecule has 0 aliphatic carbocycles. The Morgan fingerprint density at radius 3 is 2.09 bits per heavy atom. The number of carboxylic acid groups (broad SMARTS) is 2. The first kappa shape index (κ1) is 51.6. The first-order chi connectivity index (χ1) is 30.1. The smallest absolute Gasteiger partial charge is 0.326 e. The summed E-state index contributed by atoms with van der Waals surface area (Å²) in [6.45, 7) is 3.59. The number of halogens is 2. The molecule has 0 radical (unpaired) electrons. The normalized spacial score (nSPS) is 13.1. The van der Waals surface area contributed by atoms with Crippen LogP contribution < -0.4 is 32.3 Å². The Kier molecular flexibility index (Phi) is 19.5. The molecule has 64 heavy (non-hydrogen) atoms. The molecule has 0 bridgehead atoms. The minimum Gasteiger partial charge on any atom is -0.481 e. The van der Waals surface area contributed by atoms with Gasteiger partial charge in [-0.3, -0.25) is 33.6 Å². The lowest BCUT2D eigenvalue weighted by Gasteiger charge is -2.41. The molecule has 0 aliphatic rings. The van der Waals surface area contributed by atoms with Crippen molar-refractivity contribution in [2.45, 2.75) is 83.6 Å². The molecule has 19 nitrogen and oxygen atoms in total. The van der Waals surface area contributed by atoms with Crippen LogP contribution in [0, 0.1) is 17.0 Å². The van der Waals surface area contributed by atoms with Crippen molar-refractivity contribution in [1.82, 2.24) is 36.1 Å². The van der Waals surface area contributed by atoms with E-state index in [-0.39, 0.29) is 37.2 Å². The van der Waals surface area contributed by atoms with Crippen LogP contribution in [0.25, 0.3) is 11.1 Å². The van der Waals surface area contributed by atoms with Gasteiger partial charge in [-0.05, 0) is 55.1 Å². The highest BCUT2D eigenvalue weighted by Crippen LogP contribution is 2.41. The predicted octanol–water partition coefficient (Wildman–Crippen LogP) is 0.785. The number of nitrogens with two attached hydrogens (primary N) is 1. The van der Waals surface area contributed by atoms with Crippen LogP contribution in [0.1, 0.15) is 70.2 Å². The summed E-state index contributed by atoms with van der Waals surface area (Å²) < 4.78 is 31.5. The lowest BCUT2D eigenvalue weighted by atomic mass is 9.82. The molecule has 0 aliphatic heterocycles. The highest BCUT2D eigenvalue weighted by molar-refractivity contribution is 5.95. The zero-order valence-corrected chi connectivity index (χ0v) is 36.0. The van der Waals surface area contributed by atoms with Gasteiger partial charge in [-0.15, -0.1) is 0 Å². The molecule has 0 saturated heterocycles. The number of nitrogens with one attached hydrogen (secondary N) is 5. The van der Waals surface area contributed by atoms with E-state index in [0.29, 0.717) is 5.69 Å². The van der Waals surface area contributed by atoms with Crippen LogP contribution >= 0.6 is 0 Å². The molecule has 1 aromatic heterocycles. The number of aliphatic hydroxyl groups excluding tert-OH is 1. The molecule has 21 heteroatoms. The Morgan fingerprint density at radius 2 is 1.50 bits per heavy atom. The molecule has 0 spiro atoms. The Balaban J connectivity index is 2.05. The molecule has 3 rings (SSSR count). The first-order valence-electron chi connectivity index (χ1n) is 20.3. The second-order valence-corrected chi connectivity index (χ2v) is 16.0. The van der Waals surface area contributed by atoms with Crippen molar-refractivity contribution in [2.24, 2.45) is 11.1 Å². The number of aromatic nitrogens is 1. The summed E-state index contributed by atoms with van der Waals surface area (Å²) in [7, 11) is 1.46. The van der Waals surface area contributed by atoms with Gasteiger partial charge < -0.3 is 57.1 Å². The van der Waals surface area contributed by atoms with Crippen molar-refractivity contribution in [3.63, 3.8) is 0 Å². The van der Waals surface area contributed by atoms with Crippen LogP contribution in [-0.2, 0) is 44.9 Å². The van der Waals surface area contributed by atoms with Crippen LogP contribution in [0.4, 0.5) is 8.78 Å². The highest BCUT2D eigenvalue weighted by atomic mass is 19.1. The molecule has 3 aromatic rings. The maximum absolute atomic E-state index is 15.2. The fourth-order valence-corrected chi connectivity index (χ4v) is 6.94. The molecule has 4 atom stereocenters. The summed E-state index contributed by atoms with van der Waals surface area (Å²) in [6.07, 6.45) is -0.875. The van der Waals surface area contributed by atoms with E-state index in [1.54, 1.807) is 37.6 Å². The lowest BCUT2D eigenvalue weighted by Crippen LogP contribution is -2.56. The monoisotopic (exact) mass is 898 g/mol. The summed E-state index contributed by atoms with van der Waals surface area (Å²) in [6, 6.07) is 8.16. The third kappa shape index (κ3) is 15.9. The Hall–Kier alpha value is -6.74. The number of likely N-dealkylation sites (N-methyl/N-ethyl adjacent to an activating group) is 1. The largest absolute Gasteiger partial charge is 0.481 e. The van der Waals surface area contributed by atoms with Gasteiger partial charge in [0.25, 0.3) is 0 Å². The number of benzene rings is 2. The number of carboxylic acids is 2. The van der Waals surface area contributed by atoms with E-state index >= 15 is 4.39 Å². The Morgan fingerprint density at radius 1 is 0.828 bits per heavy atom. The average molecular weight is 899 g/mol. The van der Waals surface area contributed by atoms with Crippen LogP contribution in [0.15, 0.2) is 60.8 Å². The number of carbonyl (C=O) groups is 8. The summed E-state index contributed by atoms with van der Waals surface area (Å²) in [5.74, 6) is -9.41. The number of aliphatic carboxylic acids is 2. The van der Waals surface area contributed by atoms with E-state index in [2.05, 4.69) is 26.6 Å². The maximum Gasteiger partial charge on any atom is 0.326 e. The summed E-state index contributed by atoms with van der Waals surface area (Å²) in [4.78, 5) is 102. The molecular weight excluding hydrogens is 843 g/mol. The van der Waals surface area contributed by atoms with Gasteiger partial charge in [-0.2, -0.15) is 0 Å². The van der Waals surface area contributed by atoms with Crippen molar-refractivity contribution in [3.8, 4) is 11.1 Å². The third-order valence-electron chi connectivity index (χ3n) is 9.85. The number of hydrogen-bond donors (Lipinski definition) is 9. The van der Waals surface area contributed by atoms with Gasteiger partial charge in [0, 0.05) is 55.5 Å². The number of aliphatic hydroxyl groups is 1. The fourth-order valence-electron chi connectivity index (χ4n) is 6.94. The lowest BCUT2D eigenvalue weighted by molar-refractivity contribution is -0.143. The van der Waals surface area contributed by atoms with Gasteiger partial charge in [0.1, 0.15) is 36.4 Å². The van der Waals surface area contributed by atoms with Gasteiger partial charge >= 0.3 is 11.9 Å². The van der Waals surface area contributed by atoms with Crippen LogP contribution in [-0.4, -0.2) is 124 Å². The number of carbonyl (C=O) groups excluding carboxylic acids is 6. The number of amides is 6. The summed E-state index contributed by atoms with van der Waals surface area (Å²) in [5.41, 5.74) is 5.97. The van der Waals surface area contributed by atoms with Gasteiger partial charge in [-0.1, -0.05) is 51.1 Å². The van der Waals surface area contributed by atoms with E-state index in [9.17, 15) is 53.0 Å². The maximum atomic E-state index is 15.2. The average Bonchev–Trinajstić information content (AvgIpc) is 3.62. The van der Waals surface area contributed by atoms with Crippen molar-refractivity contribution < 1.29 is 62.5 Å². The fraction of sp³-hybridized carbons (Fsp3) is 0.442. The van der Waals surface area contributed by atoms with Crippen molar-refractivity contribution in [1.29, 1.82) is 0 Å². The summed E-state index contributed by atoms with van der Waals surface area (Å²) in [5, 5.41) is 40.8. The van der Waals surface area contributed by atoms with E-state index in [4.69, 9.17) is 10.8 Å². The number of nitrogens with zero attached hydrogens (tertiary/aromatic N) is 2. The minimum atomic E-state index is -1.56. The van der Waals surface area contributed by atoms with Crippen LogP contribution in [0.3, 0.4) is 0 Å². The zero-order chi connectivity index (χ0) is 47.7. The van der Waals surface area contributed by atoms with Crippen molar-refractivity contribution in [2.75, 3.05) is 33.3 Å². The third-order valence-corrected chi connectivity index (χ3v) is 9.85. The zero-order valence-electron chi connectivity index (χ0n) is 36.0. The van der Waals surface area contributed by atoms with Gasteiger partial charge in [0.05, 0.1) is 19.0 Å². The number of hydrogen-bond acceptors (Lipinski definition) is 10. The summed E-state index contributed by atoms with van der Waals surface area (Å²) >= 11 is 0. The SMILES string of the molecule is CNCC(=O)N[C@@H](CC(N)=O)C(=O)N[C@@H](CCN(C(=O)CO)[C@@H](c1cc(-c2cc(F)ccc2F)cn1Cc1ccccc1)C(C)(C)C)C(=O)NCCC(=O)N[C@H](CCC(=O)O)C(=O)O. The number of rotatable bonds is 25. The van der Waals surface area contributed by atoms with Gasteiger partial charge in [0.2, 0.25) is 35.4 Å². The van der Waals surface area contributed by atoms with E-state index in [1.165, 1.54) is 11.9 Å². The predicted molar refractivity (Wildman–Crippen MR) is 227 cm³/mol. The molecule has 10 N–H and O–H groups in total. The van der Waals surface area contributed by atoms with Gasteiger partial charge in [0.15, 0.2) is 0 Å². The molecule has 0 unspecified atom stereocenters. The highest BCUT2D eigenvalue weighted by Gasteiger charge is 2.38. The van der Waals surface area contributed by atoms with Crippen molar-refractivity contribution >= 4 is 47.4 Å². The second kappa shape index (κ2) is 24.2. The van der Waals surface area contributed by atoms with Crippen LogP contribution in [0.5, 0.6) is 0 Å². The molecular formula is C43H56F2N8O11.